The van der Waals surface area contributed by atoms with Crippen molar-refractivity contribution in [2.75, 3.05) is 19.8 Å². The normalized spacial score (nSPS) is 10.0. The Morgan fingerprint density at radius 2 is 1.72 bits per heavy atom. The van der Waals surface area contributed by atoms with Crippen LogP contribution in [0.2, 0.25) is 0 Å². The number of benzene rings is 2. The van der Waals surface area contributed by atoms with Crippen molar-refractivity contribution in [2.45, 2.75) is 6.92 Å². The number of hydrogen-bond acceptors (Lipinski definition) is 5. The van der Waals surface area contributed by atoms with Gasteiger partial charge in [0.05, 0.1) is 13.2 Å². The minimum Gasteiger partial charge on any atom is -0.494 e. The van der Waals surface area contributed by atoms with Crippen LogP contribution in [0.4, 0.5) is 0 Å². The fourth-order valence-corrected chi connectivity index (χ4v) is 2.10. The van der Waals surface area contributed by atoms with E-state index in [1.165, 1.54) is 12.1 Å². The van der Waals surface area contributed by atoms with E-state index in [2.05, 4.69) is 5.32 Å². The Balaban J connectivity index is 1.78. The van der Waals surface area contributed by atoms with Crippen molar-refractivity contribution >= 4 is 11.8 Å². The molecule has 0 heterocycles. The SMILES string of the molecule is CCOc1cccc(C(=O)NCCOc2ccc(C(=O)NO)cc2)c1. The third-order valence-corrected chi connectivity index (χ3v) is 3.28. The van der Waals surface area contributed by atoms with Gasteiger partial charge in [-0.15, -0.1) is 0 Å². The molecule has 132 valence electrons. The average Bonchev–Trinajstić information content (AvgIpc) is 2.65. The minimum atomic E-state index is -0.590. The molecule has 0 aliphatic carbocycles. The smallest absolute Gasteiger partial charge is 0.274 e. The number of nitrogens with one attached hydrogen (secondary N) is 2. The maximum absolute atomic E-state index is 12.1. The van der Waals surface area contributed by atoms with Gasteiger partial charge in [0, 0.05) is 11.1 Å². The summed E-state index contributed by atoms with van der Waals surface area (Å²) in [6, 6.07) is 13.2. The second-order valence-corrected chi connectivity index (χ2v) is 5.03. The number of amides is 2. The summed E-state index contributed by atoms with van der Waals surface area (Å²) < 4.78 is 10.9. The molecule has 0 spiro atoms. The highest BCUT2D eigenvalue weighted by atomic mass is 16.5. The fourth-order valence-electron chi connectivity index (χ4n) is 2.10. The predicted molar refractivity (Wildman–Crippen MR) is 91.1 cm³/mol. The highest BCUT2D eigenvalue weighted by Gasteiger charge is 2.07. The van der Waals surface area contributed by atoms with E-state index < -0.39 is 5.91 Å². The van der Waals surface area contributed by atoms with E-state index in [-0.39, 0.29) is 12.5 Å². The lowest BCUT2D eigenvalue weighted by atomic mass is 10.2. The number of rotatable bonds is 8. The van der Waals surface area contributed by atoms with Crippen molar-refractivity contribution in [3.63, 3.8) is 0 Å². The maximum Gasteiger partial charge on any atom is 0.274 e. The topological polar surface area (TPSA) is 96.9 Å². The third-order valence-electron chi connectivity index (χ3n) is 3.28. The summed E-state index contributed by atoms with van der Waals surface area (Å²) >= 11 is 0. The first-order chi connectivity index (χ1) is 12.1. The highest BCUT2D eigenvalue weighted by molar-refractivity contribution is 5.94. The van der Waals surface area contributed by atoms with Crippen LogP contribution in [-0.4, -0.2) is 36.8 Å². The number of hydrogen-bond donors (Lipinski definition) is 3. The zero-order valence-corrected chi connectivity index (χ0v) is 13.8. The lowest BCUT2D eigenvalue weighted by molar-refractivity contribution is 0.0706. The molecule has 0 aliphatic heterocycles. The van der Waals surface area contributed by atoms with Crippen molar-refractivity contribution in [3.8, 4) is 11.5 Å². The van der Waals surface area contributed by atoms with Gasteiger partial charge in [0.1, 0.15) is 18.1 Å². The Hall–Kier alpha value is -3.06. The van der Waals surface area contributed by atoms with Gasteiger partial charge in [0.2, 0.25) is 0 Å². The molecule has 0 fully saturated rings. The number of ether oxygens (including phenoxy) is 2. The van der Waals surface area contributed by atoms with E-state index in [0.29, 0.717) is 35.8 Å². The summed E-state index contributed by atoms with van der Waals surface area (Å²) in [7, 11) is 0. The summed E-state index contributed by atoms with van der Waals surface area (Å²) in [5, 5.41) is 11.3. The van der Waals surface area contributed by atoms with Crippen LogP contribution >= 0.6 is 0 Å². The fraction of sp³-hybridized carbons (Fsp3) is 0.222. The molecule has 2 aromatic rings. The van der Waals surface area contributed by atoms with Gasteiger partial charge in [-0.2, -0.15) is 0 Å². The minimum absolute atomic E-state index is 0.208. The Kier molecular flexibility index (Phi) is 6.79. The van der Waals surface area contributed by atoms with Crippen LogP contribution in [0.5, 0.6) is 11.5 Å². The van der Waals surface area contributed by atoms with Crippen LogP contribution in [-0.2, 0) is 0 Å². The summed E-state index contributed by atoms with van der Waals surface area (Å²) in [6.07, 6.45) is 0. The van der Waals surface area contributed by atoms with Crippen LogP contribution in [0.1, 0.15) is 27.6 Å². The molecular weight excluding hydrogens is 324 g/mol. The van der Waals surface area contributed by atoms with Gasteiger partial charge < -0.3 is 14.8 Å². The van der Waals surface area contributed by atoms with Gasteiger partial charge in [-0.1, -0.05) is 6.07 Å². The molecule has 0 aliphatic rings. The molecule has 2 amide bonds. The average molecular weight is 344 g/mol. The number of carbonyl (C=O) groups excluding carboxylic acids is 2. The van der Waals surface area contributed by atoms with Crippen molar-refractivity contribution in [2.24, 2.45) is 0 Å². The first kappa shape index (κ1) is 18.3. The standard InChI is InChI=1S/C18H20N2O5/c1-2-24-16-5-3-4-14(12-16)17(21)19-10-11-25-15-8-6-13(7-9-15)18(22)20-23/h3-9,12,23H,2,10-11H2,1H3,(H,19,21)(H,20,22). The van der Waals surface area contributed by atoms with Gasteiger partial charge in [-0.05, 0) is 49.4 Å². The molecule has 7 heteroatoms. The van der Waals surface area contributed by atoms with Gasteiger partial charge in [0.15, 0.2) is 0 Å². The molecule has 0 aromatic heterocycles. The Bertz CT molecular complexity index is 716. The maximum atomic E-state index is 12.1. The molecule has 25 heavy (non-hydrogen) atoms. The molecule has 3 N–H and O–H groups in total. The molecule has 0 radical (unpaired) electrons. The monoisotopic (exact) mass is 344 g/mol. The first-order valence-electron chi connectivity index (χ1n) is 7.82. The van der Waals surface area contributed by atoms with Crippen LogP contribution in [0.3, 0.4) is 0 Å². The third kappa shape index (κ3) is 5.50. The van der Waals surface area contributed by atoms with E-state index >= 15 is 0 Å². The molecular formula is C18H20N2O5. The first-order valence-corrected chi connectivity index (χ1v) is 7.82. The van der Waals surface area contributed by atoms with E-state index in [0.717, 1.165) is 0 Å². The zero-order chi connectivity index (χ0) is 18.1. The molecule has 2 rings (SSSR count). The van der Waals surface area contributed by atoms with Crippen molar-refractivity contribution in [1.82, 2.24) is 10.8 Å². The largest absolute Gasteiger partial charge is 0.494 e. The summed E-state index contributed by atoms with van der Waals surface area (Å²) in [5.74, 6) is 0.411. The Labute approximate surface area is 145 Å². The molecule has 7 nitrogen and oxygen atoms in total. The second kappa shape index (κ2) is 9.29. The number of hydroxylamine groups is 1. The predicted octanol–water partition coefficient (Wildman–Crippen LogP) is 2.01. The van der Waals surface area contributed by atoms with Gasteiger partial charge in [0.25, 0.3) is 11.8 Å². The van der Waals surface area contributed by atoms with Crippen LogP contribution in [0.25, 0.3) is 0 Å². The van der Waals surface area contributed by atoms with E-state index in [4.69, 9.17) is 14.7 Å². The van der Waals surface area contributed by atoms with E-state index in [1.54, 1.807) is 41.9 Å². The molecule has 0 atom stereocenters. The summed E-state index contributed by atoms with van der Waals surface area (Å²) in [4.78, 5) is 23.3. The van der Waals surface area contributed by atoms with Crippen molar-refractivity contribution < 1.29 is 24.3 Å². The van der Waals surface area contributed by atoms with Crippen LogP contribution < -0.4 is 20.3 Å². The van der Waals surface area contributed by atoms with E-state index in [1.807, 2.05) is 6.92 Å². The number of carbonyl (C=O) groups is 2. The quantitative estimate of drug-likeness (QED) is 0.387. The van der Waals surface area contributed by atoms with E-state index in [9.17, 15) is 9.59 Å². The lowest BCUT2D eigenvalue weighted by Crippen LogP contribution is -2.28. The molecule has 0 unspecified atom stereocenters. The lowest BCUT2D eigenvalue weighted by Gasteiger charge is -2.09. The van der Waals surface area contributed by atoms with Gasteiger partial charge in [-0.25, -0.2) is 5.48 Å². The van der Waals surface area contributed by atoms with Gasteiger partial charge >= 0.3 is 0 Å². The highest BCUT2D eigenvalue weighted by Crippen LogP contribution is 2.13. The Morgan fingerprint density at radius 1 is 0.960 bits per heavy atom. The molecule has 0 bridgehead atoms. The zero-order valence-electron chi connectivity index (χ0n) is 13.8. The molecule has 0 saturated carbocycles. The van der Waals surface area contributed by atoms with Crippen LogP contribution in [0, 0.1) is 0 Å². The summed E-state index contributed by atoms with van der Waals surface area (Å²) in [5.41, 5.74) is 2.39. The van der Waals surface area contributed by atoms with Crippen molar-refractivity contribution in [3.05, 3.63) is 59.7 Å². The Morgan fingerprint density at radius 3 is 2.40 bits per heavy atom. The van der Waals surface area contributed by atoms with Gasteiger partial charge in [-0.3, -0.25) is 14.8 Å². The molecule has 2 aromatic carbocycles. The van der Waals surface area contributed by atoms with Crippen LogP contribution in [0.15, 0.2) is 48.5 Å². The summed E-state index contributed by atoms with van der Waals surface area (Å²) in [6.45, 7) is 3.03. The van der Waals surface area contributed by atoms with Crippen molar-refractivity contribution in [1.29, 1.82) is 0 Å². The molecule has 0 saturated heterocycles. The second-order valence-electron chi connectivity index (χ2n) is 5.03.